The summed E-state index contributed by atoms with van der Waals surface area (Å²) in [6.07, 6.45) is 1.73. The van der Waals surface area contributed by atoms with Gasteiger partial charge in [-0.1, -0.05) is 38.1 Å². The van der Waals surface area contributed by atoms with Gasteiger partial charge in [-0.2, -0.15) is 0 Å². The number of rotatable bonds is 8. The van der Waals surface area contributed by atoms with E-state index in [1.54, 1.807) is 0 Å². The first-order chi connectivity index (χ1) is 13.9. The van der Waals surface area contributed by atoms with Crippen molar-refractivity contribution >= 4 is 23.1 Å². The molecule has 0 aliphatic carbocycles. The number of nitrogens with one attached hydrogen (secondary N) is 1. The molecule has 5 nitrogen and oxygen atoms in total. The van der Waals surface area contributed by atoms with Crippen molar-refractivity contribution in [1.29, 1.82) is 0 Å². The Bertz CT molecular complexity index is 912. The fourth-order valence-electron chi connectivity index (χ4n) is 3.33. The van der Waals surface area contributed by atoms with E-state index in [0.29, 0.717) is 29.8 Å². The van der Waals surface area contributed by atoms with Crippen LogP contribution in [-0.2, 0) is 16.0 Å². The highest BCUT2D eigenvalue weighted by molar-refractivity contribution is 6.36. The minimum Gasteiger partial charge on any atom is -0.491 e. The van der Waals surface area contributed by atoms with E-state index in [2.05, 4.69) is 12.2 Å². The number of imide groups is 1. The van der Waals surface area contributed by atoms with Gasteiger partial charge in [0.15, 0.2) is 0 Å². The zero-order chi connectivity index (χ0) is 21.0. The van der Waals surface area contributed by atoms with Crippen LogP contribution in [0.2, 0.25) is 0 Å². The Kier molecular flexibility index (Phi) is 6.37. The van der Waals surface area contributed by atoms with Crippen LogP contribution in [0.1, 0.15) is 45.2 Å². The second kappa shape index (κ2) is 8.95. The van der Waals surface area contributed by atoms with Crippen LogP contribution in [-0.4, -0.2) is 29.4 Å². The first-order valence-corrected chi connectivity index (χ1v) is 10.2. The minimum atomic E-state index is -0.283. The third-order valence-electron chi connectivity index (χ3n) is 4.76. The van der Waals surface area contributed by atoms with Gasteiger partial charge in [0.25, 0.3) is 11.8 Å². The first kappa shape index (κ1) is 20.6. The highest BCUT2D eigenvalue weighted by Gasteiger charge is 2.38. The van der Waals surface area contributed by atoms with Gasteiger partial charge in [0.2, 0.25) is 0 Å². The molecule has 1 N–H and O–H groups in total. The molecule has 0 atom stereocenters. The molecule has 3 rings (SSSR count). The number of benzene rings is 2. The fourth-order valence-corrected chi connectivity index (χ4v) is 3.33. The van der Waals surface area contributed by atoms with Gasteiger partial charge in [0.1, 0.15) is 11.4 Å². The second-order valence-electron chi connectivity index (χ2n) is 7.38. The maximum atomic E-state index is 13.0. The van der Waals surface area contributed by atoms with Gasteiger partial charge in [0.05, 0.1) is 11.7 Å². The summed E-state index contributed by atoms with van der Waals surface area (Å²) in [5.74, 6) is 0.187. The number of nitrogens with zero attached hydrogens (tertiary/aromatic N) is 1. The third kappa shape index (κ3) is 4.50. The molecule has 1 aliphatic rings. The Morgan fingerprint density at radius 3 is 2.14 bits per heavy atom. The predicted octanol–water partition coefficient (Wildman–Crippen LogP) is 4.64. The van der Waals surface area contributed by atoms with Gasteiger partial charge in [-0.25, -0.2) is 0 Å². The first-order valence-electron chi connectivity index (χ1n) is 10.2. The number of ether oxygens (including phenoxy) is 1. The van der Waals surface area contributed by atoms with Crippen LogP contribution in [0.15, 0.2) is 54.2 Å². The van der Waals surface area contributed by atoms with Crippen LogP contribution in [0.4, 0.5) is 5.69 Å². The molecule has 0 saturated carbocycles. The summed E-state index contributed by atoms with van der Waals surface area (Å²) < 4.78 is 5.69. The van der Waals surface area contributed by atoms with Gasteiger partial charge in [-0.3, -0.25) is 14.5 Å². The summed E-state index contributed by atoms with van der Waals surface area (Å²) in [7, 11) is 0. The maximum Gasteiger partial charge on any atom is 0.278 e. The molecule has 0 fully saturated rings. The Hall–Kier alpha value is -3.08. The molecule has 0 unspecified atom stereocenters. The van der Waals surface area contributed by atoms with E-state index < -0.39 is 0 Å². The van der Waals surface area contributed by atoms with Crippen LogP contribution in [0, 0.1) is 0 Å². The van der Waals surface area contributed by atoms with Crippen LogP contribution in [0.5, 0.6) is 5.75 Å². The Morgan fingerprint density at radius 2 is 1.59 bits per heavy atom. The molecule has 0 spiro atoms. The van der Waals surface area contributed by atoms with Crippen molar-refractivity contribution in [3.05, 3.63) is 65.4 Å². The van der Waals surface area contributed by atoms with Gasteiger partial charge in [0, 0.05) is 12.2 Å². The second-order valence-corrected chi connectivity index (χ2v) is 7.38. The van der Waals surface area contributed by atoms with Crippen molar-refractivity contribution in [2.75, 3.05) is 11.9 Å². The normalized spacial score (nSPS) is 14.2. The van der Waals surface area contributed by atoms with Crippen LogP contribution >= 0.6 is 0 Å². The summed E-state index contributed by atoms with van der Waals surface area (Å²) in [6.45, 7) is 8.37. The molecule has 0 aromatic heterocycles. The molecular weight excluding hydrogens is 364 g/mol. The lowest BCUT2D eigenvalue weighted by Gasteiger charge is -2.14. The lowest BCUT2D eigenvalue weighted by atomic mass is 10.0. The molecule has 0 bridgehead atoms. The average molecular weight is 392 g/mol. The molecule has 1 aliphatic heterocycles. The summed E-state index contributed by atoms with van der Waals surface area (Å²) in [6, 6.07) is 15.2. The van der Waals surface area contributed by atoms with E-state index >= 15 is 0 Å². The van der Waals surface area contributed by atoms with E-state index in [1.165, 1.54) is 10.5 Å². The Balaban J connectivity index is 1.98. The number of anilines is 1. The standard InChI is InChI=1S/C24H28N2O3/c1-5-15-26-23(27)21(18-9-13-20(14-10-18)29-16(3)4)22(24(26)28)25-19-11-7-17(6-2)8-12-19/h7-14,16,25H,5-6,15H2,1-4H3. The minimum absolute atomic E-state index is 0.0677. The number of hydrogen-bond donors (Lipinski definition) is 1. The quantitative estimate of drug-likeness (QED) is 0.665. The SMILES string of the molecule is CCCN1C(=O)C(Nc2ccc(CC)cc2)=C(c2ccc(OC(C)C)cc2)C1=O. The zero-order valence-electron chi connectivity index (χ0n) is 17.5. The number of carbonyl (C=O) groups excluding carboxylic acids is 2. The molecule has 2 aromatic carbocycles. The van der Waals surface area contributed by atoms with Crippen molar-refractivity contribution < 1.29 is 14.3 Å². The van der Waals surface area contributed by atoms with E-state index in [4.69, 9.17) is 4.74 Å². The van der Waals surface area contributed by atoms with Gasteiger partial charge in [-0.15, -0.1) is 0 Å². The highest BCUT2D eigenvalue weighted by atomic mass is 16.5. The van der Waals surface area contributed by atoms with Crippen LogP contribution in [0.3, 0.4) is 0 Å². The molecule has 1 heterocycles. The molecular formula is C24H28N2O3. The van der Waals surface area contributed by atoms with E-state index in [1.807, 2.05) is 69.3 Å². The molecule has 2 amide bonds. The van der Waals surface area contributed by atoms with Gasteiger partial charge >= 0.3 is 0 Å². The molecule has 0 radical (unpaired) electrons. The van der Waals surface area contributed by atoms with E-state index in [-0.39, 0.29) is 17.9 Å². The maximum absolute atomic E-state index is 13.0. The average Bonchev–Trinajstić information content (AvgIpc) is 2.93. The molecule has 29 heavy (non-hydrogen) atoms. The Morgan fingerprint density at radius 1 is 0.931 bits per heavy atom. The van der Waals surface area contributed by atoms with Gasteiger partial charge in [-0.05, 0) is 62.1 Å². The number of hydrogen-bond acceptors (Lipinski definition) is 4. The summed E-state index contributed by atoms with van der Waals surface area (Å²) in [5.41, 5.74) is 3.43. The highest BCUT2D eigenvalue weighted by Crippen LogP contribution is 2.31. The van der Waals surface area contributed by atoms with Crippen LogP contribution < -0.4 is 10.1 Å². The molecule has 5 heteroatoms. The van der Waals surface area contributed by atoms with Crippen molar-refractivity contribution in [1.82, 2.24) is 4.90 Å². The number of carbonyl (C=O) groups is 2. The number of aryl methyl sites for hydroxylation is 1. The van der Waals surface area contributed by atoms with Crippen molar-refractivity contribution in [3.63, 3.8) is 0 Å². The predicted molar refractivity (Wildman–Crippen MR) is 116 cm³/mol. The van der Waals surface area contributed by atoms with Crippen molar-refractivity contribution in [2.45, 2.75) is 46.6 Å². The topological polar surface area (TPSA) is 58.6 Å². The van der Waals surface area contributed by atoms with Crippen molar-refractivity contribution in [3.8, 4) is 5.75 Å². The molecule has 2 aromatic rings. The smallest absolute Gasteiger partial charge is 0.278 e. The molecule has 152 valence electrons. The molecule has 0 saturated heterocycles. The van der Waals surface area contributed by atoms with E-state index in [0.717, 1.165) is 17.9 Å². The van der Waals surface area contributed by atoms with Crippen LogP contribution in [0.25, 0.3) is 5.57 Å². The summed E-state index contributed by atoms with van der Waals surface area (Å²) in [4.78, 5) is 27.4. The zero-order valence-corrected chi connectivity index (χ0v) is 17.5. The summed E-state index contributed by atoms with van der Waals surface area (Å²) >= 11 is 0. The van der Waals surface area contributed by atoms with E-state index in [9.17, 15) is 9.59 Å². The third-order valence-corrected chi connectivity index (χ3v) is 4.76. The number of amides is 2. The summed E-state index contributed by atoms with van der Waals surface area (Å²) in [5, 5.41) is 3.19. The fraction of sp³-hybridized carbons (Fsp3) is 0.333. The van der Waals surface area contributed by atoms with Crippen molar-refractivity contribution in [2.24, 2.45) is 0 Å². The monoisotopic (exact) mass is 392 g/mol. The van der Waals surface area contributed by atoms with Gasteiger partial charge < -0.3 is 10.1 Å². The lowest BCUT2D eigenvalue weighted by molar-refractivity contribution is -0.136. The largest absolute Gasteiger partial charge is 0.491 e. The Labute approximate surface area is 172 Å². The lowest BCUT2D eigenvalue weighted by Crippen LogP contribution is -2.33.